The number of aryl methyl sites for hydroxylation is 2. The van der Waals surface area contributed by atoms with Crippen molar-refractivity contribution in [1.29, 1.82) is 0 Å². The molecule has 0 saturated carbocycles. The summed E-state index contributed by atoms with van der Waals surface area (Å²) in [5.41, 5.74) is 1.92. The number of nitrogens with two attached hydrogens (primary N) is 1. The normalized spacial score (nSPS) is 10.9. The van der Waals surface area contributed by atoms with E-state index in [1.54, 1.807) is 4.68 Å². The lowest BCUT2D eigenvalue weighted by atomic mass is 10.4. The Balaban J connectivity index is 2.54. The van der Waals surface area contributed by atoms with E-state index in [9.17, 15) is 0 Å². The Morgan fingerprint density at radius 2 is 2.07 bits per heavy atom. The smallest absolute Gasteiger partial charge is 0.271 e. The Morgan fingerprint density at radius 3 is 2.53 bits per heavy atom. The molecule has 0 aliphatic heterocycles. The molecule has 2 aromatic rings. The van der Waals surface area contributed by atoms with E-state index >= 15 is 0 Å². The molecule has 0 radical (unpaired) electrons. The number of nitrogen functional groups attached to an aromatic ring is 1. The summed E-state index contributed by atoms with van der Waals surface area (Å²) in [4.78, 5) is 0. The van der Waals surface area contributed by atoms with Gasteiger partial charge in [-0.2, -0.15) is 5.10 Å². The molecule has 0 bridgehead atoms. The fourth-order valence-corrected chi connectivity index (χ4v) is 1.79. The van der Waals surface area contributed by atoms with Gasteiger partial charge in [-0.1, -0.05) is 11.8 Å². The highest BCUT2D eigenvalue weighted by Crippen LogP contribution is 2.14. The zero-order chi connectivity index (χ0) is 11.0. The molecule has 6 nitrogen and oxygen atoms in total. The van der Waals surface area contributed by atoms with E-state index < -0.39 is 0 Å². The monoisotopic (exact) mass is 224 g/mol. The Kier molecular flexibility index (Phi) is 2.39. The van der Waals surface area contributed by atoms with Crippen LogP contribution in [0.1, 0.15) is 11.4 Å². The molecule has 2 aromatic heterocycles. The van der Waals surface area contributed by atoms with E-state index in [-0.39, 0.29) is 0 Å². The van der Waals surface area contributed by atoms with Gasteiger partial charge in [-0.15, -0.1) is 10.2 Å². The minimum atomic E-state index is 0.532. The fraction of sp³-hybridized carbons (Fsp3) is 0.375. The third kappa shape index (κ3) is 1.58. The average molecular weight is 224 g/mol. The molecule has 80 valence electrons. The van der Waals surface area contributed by atoms with Gasteiger partial charge in [0.1, 0.15) is 0 Å². The van der Waals surface area contributed by atoms with Gasteiger partial charge >= 0.3 is 0 Å². The minimum Gasteiger partial charge on any atom is -0.334 e. The first-order chi connectivity index (χ1) is 7.13. The van der Waals surface area contributed by atoms with Crippen LogP contribution in [0.4, 0.5) is 0 Å². The van der Waals surface area contributed by atoms with Crippen LogP contribution in [-0.2, 0) is 0 Å². The molecule has 0 aromatic carbocycles. The highest BCUT2D eigenvalue weighted by Gasteiger charge is 2.13. The lowest BCUT2D eigenvalue weighted by Crippen LogP contribution is -2.16. The quantitative estimate of drug-likeness (QED) is 0.594. The van der Waals surface area contributed by atoms with Crippen LogP contribution < -0.4 is 5.84 Å². The standard InChI is InChI=1S/C8H12N6S/c1-5-4-6(2)14(12-5)7-10-11-8(15-3)13(7)9/h4H,9H2,1-3H3. The fourth-order valence-electron chi connectivity index (χ4n) is 1.38. The Morgan fingerprint density at radius 1 is 1.33 bits per heavy atom. The van der Waals surface area contributed by atoms with Gasteiger partial charge < -0.3 is 5.84 Å². The summed E-state index contributed by atoms with van der Waals surface area (Å²) in [7, 11) is 0. The van der Waals surface area contributed by atoms with Crippen molar-refractivity contribution in [3.63, 3.8) is 0 Å². The summed E-state index contributed by atoms with van der Waals surface area (Å²) >= 11 is 1.45. The van der Waals surface area contributed by atoms with Gasteiger partial charge in [-0.05, 0) is 26.2 Å². The largest absolute Gasteiger partial charge is 0.334 e. The maximum absolute atomic E-state index is 5.83. The van der Waals surface area contributed by atoms with Gasteiger partial charge in [0, 0.05) is 5.69 Å². The van der Waals surface area contributed by atoms with Gasteiger partial charge in [0.15, 0.2) is 0 Å². The van der Waals surface area contributed by atoms with Crippen molar-refractivity contribution in [2.24, 2.45) is 0 Å². The molecular weight excluding hydrogens is 212 g/mol. The lowest BCUT2D eigenvalue weighted by molar-refractivity contribution is 0.727. The van der Waals surface area contributed by atoms with Crippen LogP contribution >= 0.6 is 11.8 Å². The molecule has 0 spiro atoms. The van der Waals surface area contributed by atoms with Gasteiger partial charge in [0.05, 0.1) is 5.69 Å². The van der Waals surface area contributed by atoms with Gasteiger partial charge in [0.25, 0.3) is 5.95 Å². The van der Waals surface area contributed by atoms with Crippen molar-refractivity contribution in [3.8, 4) is 5.95 Å². The van der Waals surface area contributed by atoms with Crippen molar-refractivity contribution >= 4 is 11.8 Å². The Hall–Kier alpha value is -1.50. The minimum absolute atomic E-state index is 0.532. The van der Waals surface area contributed by atoms with Gasteiger partial charge in [-0.25, -0.2) is 9.36 Å². The van der Waals surface area contributed by atoms with E-state index in [0.717, 1.165) is 11.4 Å². The molecule has 0 aliphatic rings. The predicted molar refractivity (Wildman–Crippen MR) is 58.5 cm³/mol. The zero-order valence-corrected chi connectivity index (χ0v) is 9.62. The van der Waals surface area contributed by atoms with E-state index in [1.165, 1.54) is 16.4 Å². The van der Waals surface area contributed by atoms with Gasteiger partial charge in [-0.3, -0.25) is 0 Å². The maximum Gasteiger partial charge on any atom is 0.271 e. The first-order valence-corrected chi connectivity index (χ1v) is 5.64. The molecule has 15 heavy (non-hydrogen) atoms. The second kappa shape index (κ2) is 3.58. The van der Waals surface area contributed by atoms with E-state index in [1.807, 2.05) is 26.2 Å². The van der Waals surface area contributed by atoms with Crippen molar-refractivity contribution in [2.45, 2.75) is 19.0 Å². The molecule has 0 unspecified atom stereocenters. The molecular formula is C8H12N6S. The molecule has 0 saturated heterocycles. The topological polar surface area (TPSA) is 74.5 Å². The third-order valence-electron chi connectivity index (χ3n) is 2.03. The van der Waals surface area contributed by atoms with Crippen molar-refractivity contribution < 1.29 is 0 Å². The number of nitrogens with zero attached hydrogens (tertiary/aromatic N) is 5. The van der Waals surface area contributed by atoms with Crippen LogP contribution in [0.25, 0.3) is 5.95 Å². The second-order valence-corrected chi connectivity index (χ2v) is 3.97. The summed E-state index contributed by atoms with van der Waals surface area (Å²) < 4.78 is 3.12. The molecule has 2 rings (SSSR count). The molecule has 0 aliphatic carbocycles. The zero-order valence-electron chi connectivity index (χ0n) is 8.80. The predicted octanol–water partition coefficient (Wildman–Crippen LogP) is 0.516. The molecule has 2 N–H and O–H groups in total. The number of aromatic nitrogens is 5. The number of thioether (sulfide) groups is 1. The second-order valence-electron chi connectivity index (χ2n) is 3.20. The van der Waals surface area contributed by atoms with E-state index in [0.29, 0.717) is 11.1 Å². The summed E-state index contributed by atoms with van der Waals surface area (Å²) in [6, 6.07) is 1.97. The van der Waals surface area contributed by atoms with Crippen LogP contribution in [0, 0.1) is 13.8 Å². The lowest BCUT2D eigenvalue weighted by Gasteiger charge is -2.02. The molecule has 0 fully saturated rings. The summed E-state index contributed by atoms with van der Waals surface area (Å²) in [5, 5.41) is 12.9. The average Bonchev–Trinajstić information content (AvgIpc) is 2.69. The van der Waals surface area contributed by atoms with Crippen LogP contribution in [0.2, 0.25) is 0 Å². The summed E-state index contributed by atoms with van der Waals surface area (Å²) in [5.74, 6) is 6.37. The third-order valence-corrected chi connectivity index (χ3v) is 2.67. The van der Waals surface area contributed by atoms with Crippen molar-refractivity contribution in [1.82, 2.24) is 24.7 Å². The first kappa shape index (κ1) is 10.0. The van der Waals surface area contributed by atoms with Crippen LogP contribution in [0.5, 0.6) is 0 Å². The molecule has 0 atom stereocenters. The van der Waals surface area contributed by atoms with Crippen molar-refractivity contribution in [3.05, 3.63) is 17.5 Å². The van der Waals surface area contributed by atoms with Crippen LogP contribution in [-0.4, -0.2) is 30.9 Å². The Labute approximate surface area is 91.5 Å². The number of hydrogen-bond donors (Lipinski definition) is 1. The maximum atomic E-state index is 5.83. The van der Waals surface area contributed by atoms with Crippen molar-refractivity contribution in [2.75, 3.05) is 12.1 Å². The summed E-state index contributed by atoms with van der Waals surface area (Å²) in [6.45, 7) is 3.88. The molecule has 0 amide bonds. The highest BCUT2D eigenvalue weighted by molar-refractivity contribution is 7.98. The number of hydrogen-bond acceptors (Lipinski definition) is 5. The van der Waals surface area contributed by atoms with Gasteiger partial charge in [0.2, 0.25) is 5.16 Å². The van der Waals surface area contributed by atoms with Crippen LogP contribution in [0.3, 0.4) is 0 Å². The highest BCUT2D eigenvalue weighted by atomic mass is 32.2. The Bertz CT molecular complexity index is 485. The number of rotatable bonds is 2. The molecule has 2 heterocycles. The van der Waals surface area contributed by atoms with E-state index in [4.69, 9.17) is 5.84 Å². The first-order valence-electron chi connectivity index (χ1n) is 4.41. The molecule has 7 heteroatoms. The van der Waals surface area contributed by atoms with Crippen LogP contribution in [0.15, 0.2) is 11.2 Å². The van der Waals surface area contributed by atoms with E-state index in [2.05, 4.69) is 15.3 Å². The summed E-state index contributed by atoms with van der Waals surface area (Å²) in [6.07, 6.45) is 1.90. The SMILES string of the molecule is CSc1nnc(-n2nc(C)cc2C)n1N.